The molecule has 4 aliphatic rings. The summed E-state index contributed by atoms with van der Waals surface area (Å²) < 4.78 is 120. The largest absolute Gasteiger partial charge is 0.726 e. The van der Waals surface area contributed by atoms with Gasteiger partial charge in [-0.15, -0.1) is 0 Å². The van der Waals surface area contributed by atoms with Crippen LogP contribution in [0.3, 0.4) is 0 Å². The van der Waals surface area contributed by atoms with Gasteiger partial charge >= 0.3 is 0 Å². The predicted octanol–water partition coefficient (Wildman–Crippen LogP) is 4.50. The molecule has 0 saturated heterocycles. The molecule has 0 aromatic carbocycles. The number of hydrogen-bond donors (Lipinski definition) is 0. The van der Waals surface area contributed by atoms with Gasteiger partial charge in [0.05, 0.1) is 6.10 Å². The fourth-order valence-corrected chi connectivity index (χ4v) is 11.7. The molecule has 0 radical (unpaired) electrons. The van der Waals surface area contributed by atoms with Gasteiger partial charge in [-0.25, -0.2) is 25.3 Å². The average molecular weight is 686 g/mol. The van der Waals surface area contributed by atoms with E-state index in [2.05, 4.69) is 45.7 Å². The van der Waals surface area contributed by atoms with E-state index in [4.69, 9.17) is 8.37 Å². The Morgan fingerprint density at radius 2 is 1.23 bits per heavy atom. The van der Waals surface area contributed by atoms with Gasteiger partial charge in [-0.1, -0.05) is 54.9 Å². The molecule has 0 heterocycles. The van der Waals surface area contributed by atoms with E-state index in [-0.39, 0.29) is 47.8 Å². The van der Waals surface area contributed by atoms with E-state index in [0.29, 0.717) is 17.8 Å². The molecule has 0 spiro atoms. The van der Waals surface area contributed by atoms with Crippen LogP contribution in [0.5, 0.6) is 0 Å². The second kappa shape index (κ2) is 12.2. The lowest BCUT2D eigenvalue weighted by atomic mass is 9.43. The molecule has 4 fully saturated rings. The summed E-state index contributed by atoms with van der Waals surface area (Å²) in [5.41, 5.74) is -0.700. The second-order valence-corrected chi connectivity index (χ2v) is 18.9. The molecule has 0 bridgehead atoms. The van der Waals surface area contributed by atoms with Crippen molar-refractivity contribution in [2.45, 2.75) is 125 Å². The van der Waals surface area contributed by atoms with Crippen molar-refractivity contribution in [3.63, 3.8) is 0 Å². The van der Waals surface area contributed by atoms with Crippen molar-refractivity contribution in [1.82, 2.24) is 0 Å². The van der Waals surface area contributed by atoms with Crippen LogP contribution in [0.1, 0.15) is 106 Å². The highest BCUT2D eigenvalue weighted by Gasteiger charge is 2.64. The number of rotatable bonds is 10. The Hall–Kier alpha value is -0.390. The maximum atomic E-state index is 11.9. The van der Waals surface area contributed by atoms with Gasteiger partial charge in [-0.05, 0) is 109 Å². The molecule has 4 rings (SSSR count). The zero-order valence-electron chi connectivity index (χ0n) is 26.8. The molecule has 4 saturated carbocycles. The molecular weight excluding hydrogens is 637 g/mol. The Morgan fingerprint density at radius 3 is 1.77 bits per heavy atom. The van der Waals surface area contributed by atoms with Crippen LogP contribution in [-0.2, 0) is 43.7 Å². The van der Waals surface area contributed by atoms with Crippen molar-refractivity contribution in [2.75, 3.05) is 0 Å². The fourth-order valence-electron chi connectivity index (χ4n) is 10.1. The summed E-state index contributed by atoms with van der Waals surface area (Å²) in [6, 6.07) is 0. The third-order valence-electron chi connectivity index (χ3n) is 12.6. The first kappa shape index (κ1) is 36.4. The van der Waals surface area contributed by atoms with E-state index in [1.54, 1.807) is 0 Å². The molecule has 12 nitrogen and oxygen atoms in total. The summed E-state index contributed by atoms with van der Waals surface area (Å²) in [7, 11) is -15.8. The molecule has 4 aliphatic carbocycles. The van der Waals surface area contributed by atoms with Crippen LogP contribution >= 0.6 is 0 Å². The molecule has 258 valence electrons. The van der Waals surface area contributed by atoms with Gasteiger partial charge in [-0.2, -0.15) is 0 Å². The summed E-state index contributed by atoms with van der Waals surface area (Å²) in [4.78, 5) is 0. The minimum atomic E-state index is -5.35. The lowest BCUT2D eigenvalue weighted by Gasteiger charge is -2.63. The summed E-state index contributed by atoms with van der Waals surface area (Å²) in [6.07, 6.45) is 1.15. The normalized spacial score (nSPS) is 41.3. The van der Waals surface area contributed by atoms with Crippen molar-refractivity contribution >= 4 is 31.2 Å². The molecule has 0 N–H and O–H groups in total. The molecule has 44 heavy (non-hydrogen) atoms. The molecule has 0 aromatic rings. The number of hydrogen-bond acceptors (Lipinski definition) is 12. The van der Waals surface area contributed by atoms with Gasteiger partial charge in [0.15, 0.2) is 0 Å². The minimum absolute atomic E-state index is 0.0269. The van der Waals surface area contributed by atoms with Crippen LogP contribution < -0.4 is 0 Å². The highest BCUT2D eigenvalue weighted by Crippen LogP contribution is 2.69. The van der Waals surface area contributed by atoms with Crippen molar-refractivity contribution in [1.29, 1.82) is 0 Å². The van der Waals surface area contributed by atoms with Crippen LogP contribution in [0.25, 0.3) is 0 Å². The number of fused-ring (bicyclic) bond motifs is 5. The Labute approximate surface area is 264 Å². The predicted molar refractivity (Wildman–Crippen MR) is 157 cm³/mol. The van der Waals surface area contributed by atoms with Crippen LogP contribution in [0, 0.1) is 57.7 Å². The van der Waals surface area contributed by atoms with E-state index in [0.717, 1.165) is 38.5 Å². The minimum Gasteiger partial charge on any atom is -0.726 e. The Morgan fingerprint density at radius 1 is 0.705 bits per heavy atom. The molecule has 0 aromatic heterocycles. The third kappa shape index (κ3) is 7.83. The van der Waals surface area contributed by atoms with Crippen LogP contribution in [-0.4, -0.2) is 57.2 Å². The van der Waals surface area contributed by atoms with Gasteiger partial charge in [-0.3, -0.25) is 12.5 Å². The lowest BCUT2D eigenvalue weighted by molar-refractivity contribution is -0.184. The SMILES string of the molecule is CC(CC[C@@H](C)[C@H]1CC[C@H]2[C@@H]3C[C@H](OS(=O)(=O)[O-])[C@H]4C[C@H](OS(=O)(=O)[O-])[C@@H](OS(=O)(=O)[O-])C[C@]4(C)[C@H]3CC[C@]12C)C(C)(C)C. The van der Waals surface area contributed by atoms with E-state index in [9.17, 15) is 38.9 Å². The monoisotopic (exact) mass is 685 g/mol. The standard InChI is InChI=1S/C29H52O12S3/c1-17(8-9-18(2)27(3,4)5)20-10-11-21-19-14-24(39-42(30,31)32)23-15-25(40-43(33,34)35)26(41-44(36,37)38)16-29(23,7)22(19)12-13-28(20,21)6/h17-26H,8-16H2,1-7H3,(H,30,31,32)(H,33,34,35)(H,36,37,38)/p-3/t17-,18?,19+,20-,21+,22+,23-,24+,25+,26+,28-,29-/m1/s1. The first-order valence-corrected chi connectivity index (χ1v) is 19.8. The van der Waals surface area contributed by atoms with E-state index in [1.807, 2.05) is 6.92 Å². The Balaban J connectivity index is 1.66. The third-order valence-corrected chi connectivity index (χ3v) is 14.1. The van der Waals surface area contributed by atoms with Crippen molar-refractivity contribution in [3.05, 3.63) is 0 Å². The topological polar surface area (TPSA) is 199 Å². The summed E-state index contributed by atoms with van der Waals surface area (Å²) >= 11 is 0. The van der Waals surface area contributed by atoms with Gasteiger partial charge in [0, 0.05) is 0 Å². The second-order valence-electron chi connectivity index (χ2n) is 15.8. The zero-order chi connectivity index (χ0) is 33.3. The van der Waals surface area contributed by atoms with Crippen LogP contribution in [0.4, 0.5) is 0 Å². The van der Waals surface area contributed by atoms with E-state index in [1.165, 1.54) is 0 Å². The molecule has 0 amide bonds. The van der Waals surface area contributed by atoms with Crippen molar-refractivity contribution in [3.8, 4) is 0 Å². The summed E-state index contributed by atoms with van der Waals surface area (Å²) in [5, 5.41) is 0. The molecular formula is C29H49O12S3-3. The van der Waals surface area contributed by atoms with Crippen molar-refractivity contribution < 1.29 is 51.5 Å². The smallest absolute Gasteiger partial charge is 0.217 e. The Kier molecular flexibility index (Phi) is 10.1. The van der Waals surface area contributed by atoms with Gasteiger partial charge in [0.25, 0.3) is 0 Å². The Bertz CT molecular complexity index is 1370. The molecule has 15 heteroatoms. The maximum Gasteiger partial charge on any atom is 0.217 e. The first-order chi connectivity index (χ1) is 19.8. The van der Waals surface area contributed by atoms with Gasteiger partial charge in [0.1, 0.15) is 12.2 Å². The van der Waals surface area contributed by atoms with Crippen molar-refractivity contribution in [2.24, 2.45) is 57.7 Å². The summed E-state index contributed by atoms with van der Waals surface area (Å²) in [6.45, 7) is 15.6. The maximum absolute atomic E-state index is 11.9. The van der Waals surface area contributed by atoms with Crippen LogP contribution in [0.15, 0.2) is 0 Å². The molecule has 12 atom stereocenters. The zero-order valence-corrected chi connectivity index (χ0v) is 29.2. The lowest BCUT2D eigenvalue weighted by Crippen LogP contribution is -2.62. The highest BCUT2D eigenvalue weighted by atomic mass is 32.3. The van der Waals surface area contributed by atoms with E-state index < -0.39 is 60.8 Å². The van der Waals surface area contributed by atoms with Gasteiger partial charge in [0.2, 0.25) is 31.2 Å². The quantitative estimate of drug-likeness (QED) is 0.231. The van der Waals surface area contributed by atoms with Gasteiger partial charge < -0.3 is 13.7 Å². The molecule has 1 unspecified atom stereocenters. The van der Waals surface area contributed by atoms with Crippen LogP contribution in [0.2, 0.25) is 0 Å². The first-order valence-electron chi connectivity index (χ1n) is 15.8. The van der Waals surface area contributed by atoms with E-state index >= 15 is 0 Å². The summed E-state index contributed by atoms with van der Waals surface area (Å²) in [5.74, 6) is 0.809. The average Bonchev–Trinajstić information content (AvgIpc) is 3.17. The highest BCUT2D eigenvalue weighted by molar-refractivity contribution is 7.81. The fraction of sp³-hybridized carbons (Fsp3) is 1.00. The molecule has 0 aliphatic heterocycles.